The number of nitrogens with zero attached hydrogens (tertiary/aromatic N) is 1. The van der Waals surface area contributed by atoms with E-state index in [1.165, 1.54) is 12.5 Å². The number of benzene rings is 1. The second kappa shape index (κ2) is 7.10. The summed E-state index contributed by atoms with van der Waals surface area (Å²) >= 11 is 0. The van der Waals surface area contributed by atoms with E-state index in [9.17, 15) is 9.59 Å². The monoisotopic (exact) mass is 368 g/mol. The van der Waals surface area contributed by atoms with Gasteiger partial charge in [0, 0.05) is 45.3 Å². The summed E-state index contributed by atoms with van der Waals surface area (Å²) in [6, 6.07) is 9.68. The molecule has 0 unspecified atom stereocenters. The molecule has 0 aliphatic carbocycles. The molecule has 1 fully saturated rings. The molecular formula is C21H24N2O4. The van der Waals surface area contributed by atoms with Crippen molar-refractivity contribution < 1.29 is 18.7 Å². The smallest absolute Gasteiger partial charge is 0.257 e. The SMILES string of the molecule is CNC(=O)C[C@@H]1CC2(CCN(C(=O)c3ccoc3)CC2)Oc2ccccc21. The number of fused-ring (bicyclic) bond motifs is 1. The van der Waals surface area contributed by atoms with Gasteiger partial charge in [0.1, 0.15) is 17.6 Å². The van der Waals surface area contributed by atoms with E-state index in [4.69, 9.17) is 9.15 Å². The molecule has 1 N–H and O–H groups in total. The molecule has 1 aromatic heterocycles. The van der Waals surface area contributed by atoms with Gasteiger partial charge in [-0.25, -0.2) is 0 Å². The van der Waals surface area contributed by atoms with Crippen LogP contribution in [-0.4, -0.2) is 42.5 Å². The van der Waals surface area contributed by atoms with E-state index in [2.05, 4.69) is 5.32 Å². The summed E-state index contributed by atoms with van der Waals surface area (Å²) < 4.78 is 11.5. The Labute approximate surface area is 158 Å². The highest BCUT2D eigenvalue weighted by atomic mass is 16.5. The highest BCUT2D eigenvalue weighted by Gasteiger charge is 2.44. The van der Waals surface area contributed by atoms with E-state index in [0.717, 1.165) is 30.6 Å². The molecular weight excluding hydrogens is 344 g/mol. The lowest BCUT2D eigenvalue weighted by atomic mass is 9.76. The number of furan rings is 1. The lowest BCUT2D eigenvalue weighted by Crippen LogP contribution is -2.52. The van der Waals surface area contributed by atoms with E-state index in [-0.39, 0.29) is 23.3 Å². The quantitative estimate of drug-likeness (QED) is 0.904. The zero-order chi connectivity index (χ0) is 18.9. The predicted molar refractivity (Wildman–Crippen MR) is 99.7 cm³/mol. The first-order valence-electron chi connectivity index (χ1n) is 9.40. The van der Waals surface area contributed by atoms with E-state index < -0.39 is 0 Å². The van der Waals surface area contributed by atoms with Crippen LogP contribution in [0, 0.1) is 0 Å². The van der Waals surface area contributed by atoms with E-state index >= 15 is 0 Å². The molecule has 1 saturated heterocycles. The van der Waals surface area contributed by atoms with Crippen LogP contribution in [0.2, 0.25) is 0 Å². The fourth-order valence-electron chi connectivity index (χ4n) is 4.24. The first kappa shape index (κ1) is 17.6. The Bertz CT molecular complexity index is 822. The largest absolute Gasteiger partial charge is 0.487 e. The number of amides is 2. The lowest BCUT2D eigenvalue weighted by Gasteiger charge is -2.46. The zero-order valence-electron chi connectivity index (χ0n) is 15.4. The van der Waals surface area contributed by atoms with Crippen molar-refractivity contribution in [1.29, 1.82) is 0 Å². The van der Waals surface area contributed by atoms with E-state index in [1.807, 2.05) is 29.2 Å². The molecule has 6 heteroatoms. The van der Waals surface area contributed by atoms with Gasteiger partial charge >= 0.3 is 0 Å². The number of hydrogen-bond donors (Lipinski definition) is 1. The number of carbonyl (C=O) groups is 2. The number of rotatable bonds is 3. The third kappa shape index (κ3) is 3.44. The first-order valence-corrected chi connectivity index (χ1v) is 9.40. The molecule has 0 radical (unpaired) electrons. The molecule has 1 spiro atoms. The molecule has 2 amide bonds. The Hall–Kier alpha value is -2.76. The van der Waals surface area contributed by atoms with Gasteiger partial charge in [0.15, 0.2) is 0 Å². The third-order valence-corrected chi connectivity index (χ3v) is 5.74. The number of para-hydroxylation sites is 1. The Kier molecular flexibility index (Phi) is 4.64. The minimum absolute atomic E-state index is 0.00304. The Morgan fingerprint density at radius 1 is 1.22 bits per heavy atom. The second-order valence-electron chi connectivity index (χ2n) is 7.41. The van der Waals surface area contributed by atoms with Gasteiger partial charge in [-0.2, -0.15) is 0 Å². The third-order valence-electron chi connectivity index (χ3n) is 5.74. The molecule has 27 heavy (non-hydrogen) atoms. The summed E-state index contributed by atoms with van der Waals surface area (Å²) in [4.78, 5) is 26.4. The van der Waals surface area contributed by atoms with Crippen molar-refractivity contribution in [3.8, 4) is 5.75 Å². The Morgan fingerprint density at radius 3 is 2.70 bits per heavy atom. The van der Waals surface area contributed by atoms with Crippen molar-refractivity contribution in [2.45, 2.75) is 37.2 Å². The summed E-state index contributed by atoms with van der Waals surface area (Å²) in [7, 11) is 1.67. The fourth-order valence-corrected chi connectivity index (χ4v) is 4.24. The summed E-state index contributed by atoms with van der Waals surface area (Å²) in [6.07, 6.45) is 5.77. The van der Waals surface area contributed by atoms with Crippen LogP contribution in [0.15, 0.2) is 47.3 Å². The molecule has 1 atom stereocenters. The van der Waals surface area contributed by atoms with Crippen molar-refractivity contribution in [3.63, 3.8) is 0 Å². The van der Waals surface area contributed by atoms with Crippen molar-refractivity contribution in [3.05, 3.63) is 54.0 Å². The molecule has 2 aliphatic rings. The fraction of sp³-hybridized carbons (Fsp3) is 0.429. The minimum Gasteiger partial charge on any atom is -0.487 e. The van der Waals surface area contributed by atoms with Crippen molar-refractivity contribution in [2.24, 2.45) is 0 Å². The normalized spacial score (nSPS) is 20.6. The molecule has 2 aliphatic heterocycles. The maximum Gasteiger partial charge on any atom is 0.257 e. The Morgan fingerprint density at radius 2 is 2.00 bits per heavy atom. The van der Waals surface area contributed by atoms with Crippen LogP contribution in [0.25, 0.3) is 0 Å². The molecule has 2 aromatic rings. The summed E-state index contributed by atoms with van der Waals surface area (Å²) in [5, 5.41) is 2.73. The van der Waals surface area contributed by atoms with Gasteiger partial charge < -0.3 is 19.4 Å². The lowest BCUT2D eigenvalue weighted by molar-refractivity contribution is -0.121. The van der Waals surface area contributed by atoms with Crippen LogP contribution < -0.4 is 10.1 Å². The van der Waals surface area contributed by atoms with E-state index in [0.29, 0.717) is 25.1 Å². The van der Waals surface area contributed by atoms with Crippen LogP contribution in [-0.2, 0) is 4.79 Å². The van der Waals surface area contributed by atoms with Crippen LogP contribution in [0.1, 0.15) is 47.5 Å². The van der Waals surface area contributed by atoms with Gasteiger partial charge in [0.2, 0.25) is 5.91 Å². The molecule has 142 valence electrons. The highest BCUT2D eigenvalue weighted by Crippen LogP contribution is 2.46. The molecule has 0 bridgehead atoms. The number of hydrogen-bond acceptors (Lipinski definition) is 4. The number of carbonyl (C=O) groups excluding carboxylic acids is 2. The second-order valence-corrected chi connectivity index (χ2v) is 7.41. The van der Waals surface area contributed by atoms with Gasteiger partial charge in [0.05, 0.1) is 11.8 Å². The average Bonchev–Trinajstić information content (AvgIpc) is 3.23. The number of nitrogens with one attached hydrogen (secondary N) is 1. The van der Waals surface area contributed by atoms with Crippen molar-refractivity contribution >= 4 is 11.8 Å². The Balaban J connectivity index is 1.51. The topological polar surface area (TPSA) is 71.8 Å². The van der Waals surface area contributed by atoms with Crippen LogP contribution in [0.5, 0.6) is 5.75 Å². The summed E-state index contributed by atoms with van der Waals surface area (Å²) in [5.74, 6) is 1.04. The van der Waals surface area contributed by atoms with Gasteiger partial charge in [0.25, 0.3) is 5.91 Å². The maximum atomic E-state index is 12.6. The molecule has 3 heterocycles. The predicted octanol–water partition coefficient (Wildman–Crippen LogP) is 2.96. The molecule has 6 nitrogen and oxygen atoms in total. The van der Waals surface area contributed by atoms with Crippen molar-refractivity contribution in [1.82, 2.24) is 10.2 Å². The first-order chi connectivity index (χ1) is 13.1. The zero-order valence-corrected chi connectivity index (χ0v) is 15.4. The van der Waals surface area contributed by atoms with Gasteiger partial charge in [-0.15, -0.1) is 0 Å². The van der Waals surface area contributed by atoms with Crippen molar-refractivity contribution in [2.75, 3.05) is 20.1 Å². The summed E-state index contributed by atoms with van der Waals surface area (Å²) in [6.45, 7) is 1.28. The average molecular weight is 368 g/mol. The number of ether oxygens (including phenoxy) is 1. The minimum atomic E-state index is -0.319. The van der Waals surface area contributed by atoms with Gasteiger partial charge in [-0.1, -0.05) is 18.2 Å². The van der Waals surface area contributed by atoms with E-state index in [1.54, 1.807) is 13.1 Å². The van der Waals surface area contributed by atoms with Gasteiger partial charge in [-0.3, -0.25) is 9.59 Å². The molecule has 4 rings (SSSR count). The molecule has 0 saturated carbocycles. The summed E-state index contributed by atoms with van der Waals surface area (Å²) in [5.41, 5.74) is 1.36. The standard InChI is InChI=1S/C21H24N2O4/c1-22-19(24)12-16-13-21(27-18-5-3-2-4-17(16)18)7-9-23(10-8-21)20(25)15-6-11-26-14-15/h2-6,11,14,16H,7-10,12-13H2,1H3,(H,22,24)/t16-/m1/s1. The molecule has 1 aromatic carbocycles. The number of likely N-dealkylation sites (tertiary alicyclic amines) is 1. The maximum absolute atomic E-state index is 12.6. The van der Waals surface area contributed by atoms with Gasteiger partial charge in [-0.05, 0) is 24.1 Å². The number of piperidine rings is 1. The van der Waals surface area contributed by atoms with Crippen LogP contribution >= 0.6 is 0 Å². The highest BCUT2D eigenvalue weighted by molar-refractivity contribution is 5.93. The van der Waals surface area contributed by atoms with Crippen LogP contribution in [0.4, 0.5) is 0 Å². The van der Waals surface area contributed by atoms with Crippen LogP contribution in [0.3, 0.4) is 0 Å².